The molecule has 3 aromatic carbocycles. The topological polar surface area (TPSA) is 58.1 Å². The van der Waals surface area contributed by atoms with Crippen molar-refractivity contribution in [1.29, 1.82) is 0 Å². The monoisotopic (exact) mass is 490 g/mol. The normalized spacial score (nSPS) is 13.5. The number of hydrogen-bond donors (Lipinski definition) is 1. The number of para-hydroxylation sites is 1. The van der Waals surface area contributed by atoms with Crippen LogP contribution in [0.4, 0.5) is 5.13 Å². The van der Waals surface area contributed by atoms with Gasteiger partial charge in [-0.1, -0.05) is 78.4 Å². The molecule has 3 heterocycles. The third-order valence-corrected chi connectivity index (χ3v) is 7.59. The molecule has 1 aliphatic rings. The molecular formula is C30H26N4OS. The second-order valence-corrected chi connectivity index (χ2v) is 10.3. The van der Waals surface area contributed by atoms with E-state index in [1.807, 2.05) is 48.5 Å². The molecule has 0 saturated carbocycles. The van der Waals surface area contributed by atoms with Crippen molar-refractivity contribution in [3.05, 3.63) is 112 Å². The zero-order chi connectivity index (χ0) is 24.5. The molecule has 178 valence electrons. The van der Waals surface area contributed by atoms with E-state index in [0.717, 1.165) is 53.9 Å². The summed E-state index contributed by atoms with van der Waals surface area (Å²) in [5.41, 5.74) is 6.78. The molecule has 6 heteroatoms. The number of nitrogens with zero attached hydrogens (tertiary/aromatic N) is 3. The van der Waals surface area contributed by atoms with E-state index in [1.54, 1.807) is 11.3 Å². The van der Waals surface area contributed by atoms with E-state index in [-0.39, 0.29) is 5.91 Å². The van der Waals surface area contributed by atoms with Gasteiger partial charge in [0, 0.05) is 41.9 Å². The lowest BCUT2D eigenvalue weighted by Gasteiger charge is -2.25. The molecule has 36 heavy (non-hydrogen) atoms. The van der Waals surface area contributed by atoms with E-state index in [1.165, 1.54) is 16.0 Å². The van der Waals surface area contributed by atoms with Crippen LogP contribution in [0.1, 0.15) is 32.1 Å². The predicted molar refractivity (Wildman–Crippen MR) is 146 cm³/mol. The van der Waals surface area contributed by atoms with Crippen LogP contribution in [-0.2, 0) is 19.5 Å². The number of fused-ring (bicyclic) bond motifs is 2. The highest BCUT2D eigenvalue weighted by atomic mass is 32.1. The smallest absolute Gasteiger partial charge is 0.258 e. The van der Waals surface area contributed by atoms with Gasteiger partial charge in [0.2, 0.25) is 0 Å². The summed E-state index contributed by atoms with van der Waals surface area (Å²) in [4.78, 5) is 26.8. The van der Waals surface area contributed by atoms with E-state index in [2.05, 4.69) is 53.5 Å². The summed E-state index contributed by atoms with van der Waals surface area (Å²) in [5, 5.41) is 4.57. The minimum atomic E-state index is -0.158. The number of hydrogen-bond acceptors (Lipinski definition) is 5. The highest BCUT2D eigenvalue weighted by Gasteiger charge is 2.22. The average Bonchev–Trinajstić information content (AvgIpc) is 3.30. The van der Waals surface area contributed by atoms with Crippen molar-refractivity contribution in [3.63, 3.8) is 0 Å². The van der Waals surface area contributed by atoms with E-state index in [0.29, 0.717) is 10.7 Å². The summed E-state index contributed by atoms with van der Waals surface area (Å²) in [6, 6.07) is 28.4. The van der Waals surface area contributed by atoms with Crippen LogP contribution in [0.5, 0.6) is 0 Å². The van der Waals surface area contributed by atoms with Crippen molar-refractivity contribution in [1.82, 2.24) is 14.9 Å². The Morgan fingerprint density at radius 2 is 1.75 bits per heavy atom. The molecule has 1 N–H and O–H groups in total. The molecule has 5 aromatic rings. The first-order valence-electron chi connectivity index (χ1n) is 12.2. The van der Waals surface area contributed by atoms with Crippen molar-refractivity contribution in [2.24, 2.45) is 0 Å². The number of thiazole rings is 1. The fourth-order valence-electron chi connectivity index (χ4n) is 4.68. The number of benzene rings is 3. The Morgan fingerprint density at radius 1 is 0.972 bits per heavy atom. The number of anilines is 1. The Labute approximate surface area is 214 Å². The van der Waals surface area contributed by atoms with Crippen molar-refractivity contribution in [2.75, 3.05) is 11.9 Å². The maximum atomic E-state index is 13.5. The largest absolute Gasteiger partial charge is 0.298 e. The summed E-state index contributed by atoms with van der Waals surface area (Å²) in [6.07, 6.45) is 0.893. The van der Waals surface area contributed by atoms with Crippen molar-refractivity contribution in [2.45, 2.75) is 26.4 Å². The highest BCUT2D eigenvalue weighted by Crippen LogP contribution is 2.31. The Hall–Kier alpha value is -3.87. The molecule has 0 radical (unpaired) electrons. The van der Waals surface area contributed by atoms with Gasteiger partial charge in [-0.15, -0.1) is 11.3 Å². The number of carbonyl (C=O) groups is 1. The fraction of sp³-hybridized carbons (Fsp3) is 0.167. The first-order valence-corrected chi connectivity index (χ1v) is 13.0. The molecule has 2 aromatic heterocycles. The summed E-state index contributed by atoms with van der Waals surface area (Å²) in [5.74, 6) is -0.158. The maximum absolute atomic E-state index is 13.5. The zero-order valence-electron chi connectivity index (χ0n) is 20.1. The molecule has 0 saturated heterocycles. The third-order valence-electron chi connectivity index (χ3n) is 6.59. The van der Waals surface area contributed by atoms with E-state index < -0.39 is 0 Å². The van der Waals surface area contributed by atoms with Gasteiger partial charge in [-0.2, -0.15) is 0 Å². The molecular weight excluding hydrogens is 464 g/mol. The lowest BCUT2D eigenvalue weighted by Crippen LogP contribution is -2.29. The molecule has 0 bridgehead atoms. The van der Waals surface area contributed by atoms with Crippen molar-refractivity contribution >= 4 is 33.3 Å². The van der Waals surface area contributed by atoms with Gasteiger partial charge < -0.3 is 0 Å². The standard InChI is InChI=1S/C30H26N4OS/c1-20-11-13-22(14-12-20)27-17-24(23-9-5-6-10-25(23)31-27)29(35)33-30-32-26-15-16-34(19-28(26)36-30)18-21-7-3-2-4-8-21/h2-14,17H,15-16,18-19H2,1H3,(H,32,33,35). The Kier molecular flexibility index (Phi) is 6.05. The summed E-state index contributed by atoms with van der Waals surface area (Å²) in [7, 11) is 0. The minimum absolute atomic E-state index is 0.158. The maximum Gasteiger partial charge on any atom is 0.258 e. The van der Waals surface area contributed by atoms with Gasteiger partial charge in [-0.25, -0.2) is 9.97 Å². The van der Waals surface area contributed by atoms with Crippen LogP contribution in [-0.4, -0.2) is 27.3 Å². The van der Waals surface area contributed by atoms with Crippen LogP contribution in [0.15, 0.2) is 84.9 Å². The second-order valence-electron chi connectivity index (χ2n) is 9.23. The highest BCUT2D eigenvalue weighted by molar-refractivity contribution is 7.15. The molecule has 0 atom stereocenters. The molecule has 0 unspecified atom stereocenters. The summed E-state index contributed by atoms with van der Waals surface area (Å²) >= 11 is 1.58. The Morgan fingerprint density at radius 3 is 2.58 bits per heavy atom. The van der Waals surface area contributed by atoms with Crippen LogP contribution < -0.4 is 5.32 Å². The SMILES string of the molecule is Cc1ccc(-c2cc(C(=O)Nc3nc4c(s3)CN(Cc3ccccc3)CC4)c3ccccc3n2)cc1. The number of rotatable bonds is 5. The number of nitrogens with one attached hydrogen (secondary N) is 1. The number of pyridine rings is 1. The lowest BCUT2D eigenvalue weighted by atomic mass is 10.0. The van der Waals surface area contributed by atoms with Crippen LogP contribution in [0.2, 0.25) is 0 Å². The Balaban J connectivity index is 1.25. The van der Waals surface area contributed by atoms with Crippen LogP contribution in [0.25, 0.3) is 22.2 Å². The van der Waals surface area contributed by atoms with Gasteiger partial charge in [-0.05, 0) is 24.6 Å². The van der Waals surface area contributed by atoms with Crippen LogP contribution in [0.3, 0.4) is 0 Å². The molecule has 6 rings (SSSR count). The Bertz CT molecular complexity index is 1540. The fourth-order valence-corrected chi connectivity index (χ4v) is 5.72. The molecule has 0 spiro atoms. The molecule has 1 amide bonds. The number of aromatic nitrogens is 2. The first-order chi connectivity index (χ1) is 17.6. The number of amides is 1. The van der Waals surface area contributed by atoms with Gasteiger partial charge in [0.1, 0.15) is 0 Å². The quantitative estimate of drug-likeness (QED) is 0.306. The van der Waals surface area contributed by atoms with Crippen molar-refractivity contribution < 1.29 is 4.79 Å². The summed E-state index contributed by atoms with van der Waals surface area (Å²) in [6.45, 7) is 4.80. The molecule has 0 aliphatic carbocycles. The number of carbonyl (C=O) groups excluding carboxylic acids is 1. The summed E-state index contributed by atoms with van der Waals surface area (Å²) < 4.78 is 0. The average molecular weight is 491 g/mol. The van der Waals surface area contributed by atoms with Crippen molar-refractivity contribution in [3.8, 4) is 11.3 Å². The number of aryl methyl sites for hydroxylation is 1. The van der Waals surface area contributed by atoms with Gasteiger partial charge in [0.05, 0.1) is 22.5 Å². The van der Waals surface area contributed by atoms with Gasteiger partial charge >= 0.3 is 0 Å². The predicted octanol–water partition coefficient (Wildman–Crippen LogP) is 6.48. The lowest BCUT2D eigenvalue weighted by molar-refractivity contribution is 0.102. The van der Waals surface area contributed by atoms with Gasteiger partial charge in [0.25, 0.3) is 5.91 Å². The van der Waals surface area contributed by atoms with Crippen LogP contribution >= 0.6 is 11.3 Å². The first kappa shape index (κ1) is 22.6. The second kappa shape index (κ2) is 9.64. The zero-order valence-corrected chi connectivity index (χ0v) is 20.9. The van der Waals surface area contributed by atoms with E-state index >= 15 is 0 Å². The molecule has 1 aliphatic heterocycles. The van der Waals surface area contributed by atoms with E-state index in [4.69, 9.17) is 9.97 Å². The van der Waals surface area contributed by atoms with Gasteiger partial charge in [-0.3, -0.25) is 15.0 Å². The van der Waals surface area contributed by atoms with Gasteiger partial charge in [0.15, 0.2) is 5.13 Å². The van der Waals surface area contributed by atoms with Crippen LogP contribution in [0, 0.1) is 6.92 Å². The van der Waals surface area contributed by atoms with E-state index in [9.17, 15) is 4.79 Å². The molecule has 5 nitrogen and oxygen atoms in total. The molecule has 0 fully saturated rings. The minimum Gasteiger partial charge on any atom is -0.298 e. The third kappa shape index (κ3) is 4.65.